The summed E-state index contributed by atoms with van der Waals surface area (Å²) in [6, 6.07) is 12.2. The Hall–Kier alpha value is -2.28. The Morgan fingerprint density at radius 1 is 1.08 bits per heavy atom. The van der Waals surface area contributed by atoms with E-state index in [2.05, 4.69) is 14.7 Å². The van der Waals surface area contributed by atoms with E-state index in [1.54, 1.807) is 37.6 Å². The summed E-state index contributed by atoms with van der Waals surface area (Å²) in [4.78, 5) is 8.60. The Morgan fingerprint density at radius 2 is 1.92 bits per heavy atom. The first-order valence-corrected chi connectivity index (χ1v) is 9.43. The second kappa shape index (κ2) is 7.31. The first kappa shape index (κ1) is 17.5. The molecule has 25 heavy (non-hydrogen) atoms. The van der Waals surface area contributed by atoms with Crippen LogP contribution in [0.3, 0.4) is 0 Å². The van der Waals surface area contributed by atoms with Crippen molar-refractivity contribution in [2.75, 3.05) is 0 Å². The molecule has 3 rings (SSSR count). The molecule has 0 saturated heterocycles. The van der Waals surface area contributed by atoms with Gasteiger partial charge < -0.3 is 0 Å². The summed E-state index contributed by atoms with van der Waals surface area (Å²) in [6.07, 6.45) is 5.08. The summed E-state index contributed by atoms with van der Waals surface area (Å²) in [5.74, 6) is 0. The average molecular weight is 374 g/mol. The van der Waals surface area contributed by atoms with Gasteiger partial charge in [0.1, 0.15) is 0 Å². The van der Waals surface area contributed by atoms with Gasteiger partial charge in [-0.05, 0) is 48.4 Å². The van der Waals surface area contributed by atoms with Crippen LogP contribution in [0.25, 0.3) is 11.3 Å². The quantitative estimate of drug-likeness (QED) is 0.741. The van der Waals surface area contributed by atoms with Gasteiger partial charge in [-0.15, -0.1) is 0 Å². The van der Waals surface area contributed by atoms with Gasteiger partial charge in [-0.3, -0.25) is 9.97 Å². The largest absolute Gasteiger partial charge is 0.264 e. The predicted molar refractivity (Wildman–Crippen MR) is 97.7 cm³/mol. The van der Waals surface area contributed by atoms with Crippen LogP contribution < -0.4 is 4.72 Å². The molecule has 0 fully saturated rings. The fourth-order valence-electron chi connectivity index (χ4n) is 2.35. The van der Waals surface area contributed by atoms with Gasteiger partial charge in [-0.2, -0.15) is 0 Å². The minimum absolute atomic E-state index is 0.147. The Labute approximate surface area is 151 Å². The number of halogens is 1. The van der Waals surface area contributed by atoms with Gasteiger partial charge in [0.15, 0.2) is 0 Å². The molecule has 2 heterocycles. The number of benzene rings is 1. The molecule has 5 nitrogen and oxygen atoms in total. The van der Waals surface area contributed by atoms with Gasteiger partial charge in [-0.1, -0.05) is 23.7 Å². The Balaban J connectivity index is 1.74. The minimum Gasteiger partial charge on any atom is -0.264 e. The Morgan fingerprint density at radius 3 is 2.60 bits per heavy atom. The van der Waals surface area contributed by atoms with E-state index in [4.69, 9.17) is 11.6 Å². The van der Waals surface area contributed by atoms with Crippen LogP contribution in [0.2, 0.25) is 5.02 Å². The molecule has 0 atom stereocenters. The molecule has 0 radical (unpaired) electrons. The second-order valence-corrected chi connectivity index (χ2v) is 7.62. The molecule has 2 aromatic heterocycles. The van der Waals surface area contributed by atoms with Gasteiger partial charge in [-0.25, -0.2) is 13.1 Å². The molecule has 7 heteroatoms. The second-order valence-electron chi connectivity index (χ2n) is 5.48. The zero-order valence-corrected chi connectivity index (χ0v) is 15.1. The summed E-state index contributed by atoms with van der Waals surface area (Å²) >= 11 is 6.01. The van der Waals surface area contributed by atoms with Crippen molar-refractivity contribution in [1.82, 2.24) is 14.7 Å². The van der Waals surface area contributed by atoms with E-state index in [1.807, 2.05) is 24.3 Å². The molecule has 0 aliphatic rings. The molecule has 0 amide bonds. The summed E-state index contributed by atoms with van der Waals surface area (Å²) in [7, 11) is -3.65. The SMILES string of the molecule is Cc1c(Cl)cccc1S(=O)(=O)NCc1ccc(-c2cccnc2)nc1. The highest BCUT2D eigenvalue weighted by Gasteiger charge is 2.17. The number of sulfonamides is 1. The maximum atomic E-state index is 12.5. The molecular weight excluding hydrogens is 358 g/mol. The monoisotopic (exact) mass is 373 g/mol. The van der Waals surface area contributed by atoms with Crippen molar-refractivity contribution >= 4 is 21.6 Å². The van der Waals surface area contributed by atoms with Crippen molar-refractivity contribution in [1.29, 1.82) is 0 Å². The lowest BCUT2D eigenvalue weighted by atomic mass is 10.1. The lowest BCUT2D eigenvalue weighted by molar-refractivity contribution is 0.580. The number of hydrogen-bond acceptors (Lipinski definition) is 4. The molecule has 1 aromatic carbocycles. The molecule has 0 bridgehead atoms. The van der Waals surface area contributed by atoms with Crippen molar-refractivity contribution < 1.29 is 8.42 Å². The van der Waals surface area contributed by atoms with Crippen LogP contribution in [0.4, 0.5) is 0 Å². The number of nitrogens with zero attached hydrogens (tertiary/aromatic N) is 2. The van der Waals surface area contributed by atoms with E-state index in [-0.39, 0.29) is 11.4 Å². The number of rotatable bonds is 5. The molecule has 0 aliphatic heterocycles. The van der Waals surface area contributed by atoms with E-state index in [0.29, 0.717) is 10.6 Å². The van der Waals surface area contributed by atoms with Gasteiger partial charge >= 0.3 is 0 Å². The van der Waals surface area contributed by atoms with Gasteiger partial charge in [0.2, 0.25) is 10.0 Å². The molecule has 0 spiro atoms. The maximum Gasteiger partial charge on any atom is 0.241 e. The van der Waals surface area contributed by atoms with Gasteiger partial charge in [0.05, 0.1) is 10.6 Å². The van der Waals surface area contributed by atoms with Crippen LogP contribution in [-0.2, 0) is 16.6 Å². The molecule has 3 aromatic rings. The molecule has 0 saturated carbocycles. The van der Waals surface area contributed by atoms with E-state index >= 15 is 0 Å². The Kier molecular flexibility index (Phi) is 5.13. The van der Waals surface area contributed by atoms with E-state index in [0.717, 1.165) is 16.8 Å². The highest BCUT2D eigenvalue weighted by atomic mass is 35.5. The van der Waals surface area contributed by atoms with Crippen LogP contribution in [-0.4, -0.2) is 18.4 Å². The van der Waals surface area contributed by atoms with Gasteiger partial charge in [0.25, 0.3) is 0 Å². The zero-order valence-electron chi connectivity index (χ0n) is 13.5. The Bertz CT molecular complexity index is 975. The lowest BCUT2D eigenvalue weighted by Gasteiger charge is -2.10. The summed E-state index contributed by atoms with van der Waals surface area (Å²) in [6.45, 7) is 1.83. The highest BCUT2D eigenvalue weighted by Crippen LogP contribution is 2.23. The molecule has 1 N–H and O–H groups in total. The number of nitrogens with one attached hydrogen (secondary N) is 1. The predicted octanol–water partition coefficient (Wildman–Crippen LogP) is 3.58. The summed E-state index contributed by atoms with van der Waals surface area (Å²) < 4.78 is 27.5. The number of pyridine rings is 2. The maximum absolute atomic E-state index is 12.5. The van der Waals surface area contributed by atoms with Crippen LogP contribution in [0, 0.1) is 6.92 Å². The molecule has 128 valence electrons. The fraction of sp³-hybridized carbons (Fsp3) is 0.111. The van der Waals surface area contributed by atoms with Crippen molar-refractivity contribution in [3.05, 3.63) is 77.2 Å². The normalized spacial score (nSPS) is 11.4. The third kappa shape index (κ3) is 4.04. The van der Waals surface area contributed by atoms with E-state index < -0.39 is 10.0 Å². The first-order chi connectivity index (χ1) is 12.0. The average Bonchev–Trinajstić information content (AvgIpc) is 2.63. The zero-order chi connectivity index (χ0) is 17.9. The molecule has 0 unspecified atom stereocenters. The first-order valence-electron chi connectivity index (χ1n) is 7.57. The molecular formula is C18H16ClN3O2S. The molecule has 0 aliphatic carbocycles. The van der Waals surface area contributed by atoms with Crippen LogP contribution in [0.5, 0.6) is 0 Å². The fourth-order valence-corrected chi connectivity index (χ4v) is 3.86. The van der Waals surface area contributed by atoms with Crippen molar-refractivity contribution in [3.8, 4) is 11.3 Å². The summed E-state index contributed by atoms with van der Waals surface area (Å²) in [5.41, 5.74) is 2.98. The number of aromatic nitrogens is 2. The van der Waals surface area contributed by atoms with Crippen LogP contribution in [0.15, 0.2) is 66.0 Å². The van der Waals surface area contributed by atoms with E-state index in [9.17, 15) is 8.42 Å². The van der Waals surface area contributed by atoms with Crippen LogP contribution in [0.1, 0.15) is 11.1 Å². The highest BCUT2D eigenvalue weighted by molar-refractivity contribution is 7.89. The topological polar surface area (TPSA) is 72.0 Å². The van der Waals surface area contributed by atoms with Gasteiger partial charge in [0, 0.05) is 35.7 Å². The summed E-state index contributed by atoms with van der Waals surface area (Å²) in [5, 5.41) is 0.422. The smallest absolute Gasteiger partial charge is 0.241 e. The third-order valence-corrected chi connectivity index (χ3v) is 5.71. The number of hydrogen-bond donors (Lipinski definition) is 1. The standard InChI is InChI=1S/C18H16ClN3O2S/c1-13-16(19)5-2-6-18(13)25(23,24)22-11-14-7-8-17(21-10-14)15-4-3-9-20-12-15/h2-10,12,22H,11H2,1H3. The lowest BCUT2D eigenvalue weighted by Crippen LogP contribution is -2.24. The van der Waals surface area contributed by atoms with Crippen molar-refractivity contribution in [2.24, 2.45) is 0 Å². The van der Waals surface area contributed by atoms with Crippen molar-refractivity contribution in [3.63, 3.8) is 0 Å². The third-order valence-electron chi connectivity index (χ3n) is 3.76. The van der Waals surface area contributed by atoms with E-state index in [1.165, 1.54) is 6.07 Å². The van der Waals surface area contributed by atoms with Crippen LogP contribution >= 0.6 is 11.6 Å². The minimum atomic E-state index is -3.65. The van der Waals surface area contributed by atoms with Crippen molar-refractivity contribution in [2.45, 2.75) is 18.4 Å².